The van der Waals surface area contributed by atoms with Gasteiger partial charge in [-0.05, 0) is 49.2 Å². The Bertz CT molecular complexity index is 843. The van der Waals surface area contributed by atoms with E-state index in [9.17, 15) is 9.59 Å². The number of aryl methyl sites for hydroxylation is 1. The van der Waals surface area contributed by atoms with E-state index in [1.54, 1.807) is 31.3 Å². The number of hydrogen-bond donors (Lipinski definition) is 1. The molecule has 2 aromatic rings. The summed E-state index contributed by atoms with van der Waals surface area (Å²) in [4.78, 5) is 25.7. The van der Waals surface area contributed by atoms with Crippen LogP contribution in [0, 0.1) is 13.8 Å². The Balaban J connectivity index is 1.99. The summed E-state index contributed by atoms with van der Waals surface area (Å²) in [5.41, 5.74) is 3.40. The maximum Gasteiger partial charge on any atom is 0.246 e. The first-order valence-corrected chi connectivity index (χ1v) is 8.78. The molecule has 0 atom stereocenters. The number of hydrogen-bond acceptors (Lipinski definition) is 2. The van der Waals surface area contributed by atoms with E-state index in [1.165, 1.54) is 11.0 Å². The van der Waals surface area contributed by atoms with Gasteiger partial charge in [-0.25, -0.2) is 0 Å². The van der Waals surface area contributed by atoms with E-state index in [4.69, 9.17) is 23.2 Å². The van der Waals surface area contributed by atoms with E-state index >= 15 is 0 Å². The van der Waals surface area contributed by atoms with Crippen LogP contribution in [0.15, 0.2) is 42.5 Å². The first-order valence-electron chi connectivity index (χ1n) is 8.03. The van der Waals surface area contributed by atoms with Crippen molar-refractivity contribution < 1.29 is 9.59 Å². The lowest BCUT2D eigenvalue weighted by atomic mass is 10.1. The molecule has 4 nitrogen and oxygen atoms in total. The molecule has 0 unspecified atom stereocenters. The standard InChI is InChI=1S/C20H20Cl2N2O2/c1-13-6-4-9-18(14(13)2)23-19(25)12-24(3)20(26)11-10-15-16(21)7-5-8-17(15)22/h4-11H,12H2,1-3H3,(H,23,25)/b11-10+. The number of rotatable bonds is 5. The molecule has 0 saturated heterocycles. The molecular weight excluding hydrogens is 371 g/mol. The van der Waals surface area contributed by atoms with E-state index in [2.05, 4.69) is 5.32 Å². The molecule has 136 valence electrons. The van der Waals surface area contributed by atoms with Gasteiger partial charge in [0.05, 0.1) is 6.54 Å². The Morgan fingerprint density at radius 3 is 2.35 bits per heavy atom. The molecule has 1 N–H and O–H groups in total. The van der Waals surface area contributed by atoms with Crippen molar-refractivity contribution in [2.24, 2.45) is 0 Å². The molecule has 0 aliphatic rings. The maximum atomic E-state index is 12.2. The van der Waals surface area contributed by atoms with Crippen LogP contribution in [0.2, 0.25) is 10.0 Å². The molecule has 0 radical (unpaired) electrons. The molecule has 0 heterocycles. The Hall–Kier alpha value is -2.30. The third kappa shape index (κ3) is 5.10. The molecule has 2 aromatic carbocycles. The van der Waals surface area contributed by atoms with Crippen LogP contribution in [-0.2, 0) is 9.59 Å². The molecule has 0 saturated carbocycles. The normalized spacial score (nSPS) is 10.8. The summed E-state index contributed by atoms with van der Waals surface area (Å²) < 4.78 is 0. The largest absolute Gasteiger partial charge is 0.333 e. The quantitative estimate of drug-likeness (QED) is 0.750. The fourth-order valence-electron chi connectivity index (χ4n) is 2.32. The zero-order valence-corrected chi connectivity index (χ0v) is 16.4. The molecule has 6 heteroatoms. The van der Waals surface area contributed by atoms with Gasteiger partial charge in [0.1, 0.15) is 0 Å². The van der Waals surface area contributed by atoms with Crippen molar-refractivity contribution in [1.82, 2.24) is 4.90 Å². The van der Waals surface area contributed by atoms with Gasteiger partial charge >= 0.3 is 0 Å². The van der Waals surface area contributed by atoms with Crippen LogP contribution in [0.5, 0.6) is 0 Å². The van der Waals surface area contributed by atoms with E-state index in [0.29, 0.717) is 15.6 Å². The second-order valence-electron chi connectivity index (χ2n) is 5.96. The van der Waals surface area contributed by atoms with Gasteiger partial charge in [0.15, 0.2) is 0 Å². The van der Waals surface area contributed by atoms with E-state index < -0.39 is 0 Å². The molecule has 0 aliphatic carbocycles. The zero-order chi connectivity index (χ0) is 19.3. The van der Waals surface area contributed by atoms with Gasteiger partial charge in [-0.15, -0.1) is 0 Å². The predicted molar refractivity (Wildman–Crippen MR) is 108 cm³/mol. The average Bonchev–Trinajstić information content (AvgIpc) is 2.58. The molecule has 26 heavy (non-hydrogen) atoms. The zero-order valence-electron chi connectivity index (χ0n) is 14.8. The third-order valence-corrected chi connectivity index (χ3v) is 4.69. The van der Waals surface area contributed by atoms with Crippen molar-refractivity contribution in [1.29, 1.82) is 0 Å². The van der Waals surface area contributed by atoms with Crippen LogP contribution in [0.25, 0.3) is 6.08 Å². The summed E-state index contributed by atoms with van der Waals surface area (Å²) in [5, 5.41) is 3.74. The second-order valence-corrected chi connectivity index (χ2v) is 6.77. The highest BCUT2D eigenvalue weighted by Gasteiger charge is 2.12. The number of likely N-dealkylation sites (N-methyl/N-ethyl adjacent to an activating group) is 1. The Morgan fingerprint density at radius 2 is 1.69 bits per heavy atom. The molecule has 0 spiro atoms. The van der Waals surface area contributed by atoms with Gasteiger partial charge in [-0.1, -0.05) is 41.4 Å². The summed E-state index contributed by atoms with van der Waals surface area (Å²) in [6, 6.07) is 10.8. The van der Waals surface area contributed by atoms with Crippen molar-refractivity contribution in [3.05, 3.63) is 69.2 Å². The summed E-state index contributed by atoms with van der Waals surface area (Å²) in [5.74, 6) is -0.587. The highest BCUT2D eigenvalue weighted by molar-refractivity contribution is 6.37. The minimum Gasteiger partial charge on any atom is -0.333 e. The molecule has 0 bridgehead atoms. The first-order chi connectivity index (χ1) is 12.3. The summed E-state index contributed by atoms with van der Waals surface area (Å²) in [6.07, 6.45) is 2.89. The monoisotopic (exact) mass is 390 g/mol. The Morgan fingerprint density at radius 1 is 1.08 bits per heavy atom. The van der Waals surface area contributed by atoms with Gasteiger partial charge in [-0.3, -0.25) is 9.59 Å². The summed E-state index contributed by atoms with van der Waals surface area (Å²) >= 11 is 12.1. The van der Waals surface area contributed by atoms with Crippen molar-refractivity contribution in [2.45, 2.75) is 13.8 Å². The molecular formula is C20H20Cl2N2O2. The van der Waals surface area contributed by atoms with E-state index in [1.807, 2.05) is 32.0 Å². The van der Waals surface area contributed by atoms with Crippen LogP contribution in [0.3, 0.4) is 0 Å². The smallest absolute Gasteiger partial charge is 0.246 e. The second kappa shape index (κ2) is 8.88. The lowest BCUT2D eigenvalue weighted by Crippen LogP contribution is -2.34. The molecule has 0 aliphatic heterocycles. The first kappa shape index (κ1) is 20.0. The Labute approximate surface area is 163 Å². The summed E-state index contributed by atoms with van der Waals surface area (Å²) in [6.45, 7) is 3.86. The molecule has 0 fully saturated rings. The molecule has 2 rings (SSSR count). The number of carbonyl (C=O) groups excluding carboxylic acids is 2. The van der Waals surface area contributed by atoms with Crippen LogP contribution in [0.1, 0.15) is 16.7 Å². The van der Waals surface area contributed by atoms with Crippen molar-refractivity contribution in [3.63, 3.8) is 0 Å². The lowest BCUT2D eigenvalue weighted by molar-refractivity contribution is -0.129. The van der Waals surface area contributed by atoms with Crippen molar-refractivity contribution >= 4 is 46.8 Å². The van der Waals surface area contributed by atoms with Crippen LogP contribution < -0.4 is 5.32 Å². The number of nitrogens with zero attached hydrogens (tertiary/aromatic N) is 1. The van der Waals surface area contributed by atoms with Crippen molar-refractivity contribution in [3.8, 4) is 0 Å². The Kier molecular flexibility index (Phi) is 6.83. The number of anilines is 1. The number of amides is 2. The fraction of sp³-hybridized carbons (Fsp3) is 0.200. The van der Waals surface area contributed by atoms with Gasteiger partial charge in [0.2, 0.25) is 11.8 Å². The van der Waals surface area contributed by atoms with Crippen LogP contribution in [0.4, 0.5) is 5.69 Å². The number of benzene rings is 2. The third-order valence-electron chi connectivity index (χ3n) is 4.03. The highest BCUT2D eigenvalue weighted by Crippen LogP contribution is 2.25. The molecule has 0 aromatic heterocycles. The van der Waals surface area contributed by atoms with E-state index in [-0.39, 0.29) is 18.4 Å². The highest BCUT2D eigenvalue weighted by atomic mass is 35.5. The topological polar surface area (TPSA) is 49.4 Å². The number of carbonyl (C=O) groups is 2. The predicted octanol–water partition coefficient (Wildman–Crippen LogP) is 4.72. The van der Waals surface area contributed by atoms with Crippen LogP contribution >= 0.6 is 23.2 Å². The van der Waals surface area contributed by atoms with Gasteiger partial charge < -0.3 is 10.2 Å². The maximum absolute atomic E-state index is 12.2. The fourth-order valence-corrected chi connectivity index (χ4v) is 2.84. The lowest BCUT2D eigenvalue weighted by Gasteiger charge is -2.16. The van der Waals surface area contributed by atoms with Gasteiger partial charge in [0.25, 0.3) is 0 Å². The summed E-state index contributed by atoms with van der Waals surface area (Å²) in [7, 11) is 1.56. The minimum atomic E-state index is -0.322. The average molecular weight is 391 g/mol. The minimum absolute atomic E-state index is 0.0627. The van der Waals surface area contributed by atoms with Gasteiger partial charge in [0, 0.05) is 34.4 Å². The SMILES string of the molecule is Cc1cccc(NC(=O)CN(C)C(=O)/C=C/c2c(Cl)cccc2Cl)c1C. The van der Waals surface area contributed by atoms with E-state index in [0.717, 1.165) is 16.8 Å². The molecule has 2 amide bonds. The number of halogens is 2. The van der Waals surface area contributed by atoms with Gasteiger partial charge in [-0.2, -0.15) is 0 Å². The number of nitrogens with one attached hydrogen (secondary N) is 1. The van der Waals surface area contributed by atoms with Crippen molar-refractivity contribution in [2.75, 3.05) is 18.9 Å². The van der Waals surface area contributed by atoms with Crippen LogP contribution in [-0.4, -0.2) is 30.3 Å².